The van der Waals surface area contributed by atoms with E-state index in [2.05, 4.69) is 6.92 Å². The van der Waals surface area contributed by atoms with Gasteiger partial charge in [-0.2, -0.15) is 13.2 Å². The molecule has 0 saturated heterocycles. The summed E-state index contributed by atoms with van der Waals surface area (Å²) in [5, 5.41) is 0.123. The molecule has 0 heterocycles. The molecule has 0 radical (unpaired) electrons. The van der Waals surface area contributed by atoms with Crippen LogP contribution in [0.4, 0.5) is 13.2 Å². The molecule has 1 unspecified atom stereocenters. The summed E-state index contributed by atoms with van der Waals surface area (Å²) in [7, 11) is 0. The number of aryl methyl sites for hydroxylation is 1. The highest BCUT2D eigenvalue weighted by Gasteiger charge is 2.29. The van der Waals surface area contributed by atoms with E-state index in [4.69, 9.17) is 4.74 Å². The fourth-order valence-electron chi connectivity index (χ4n) is 3.06. The van der Waals surface area contributed by atoms with Crippen molar-refractivity contribution in [3.8, 4) is 16.9 Å². The van der Waals surface area contributed by atoms with E-state index in [1.807, 2.05) is 43.3 Å². The van der Waals surface area contributed by atoms with Gasteiger partial charge in [-0.15, -0.1) is 11.8 Å². The van der Waals surface area contributed by atoms with Gasteiger partial charge in [0.25, 0.3) is 0 Å². The number of thioether (sulfide) groups is 1. The van der Waals surface area contributed by atoms with Gasteiger partial charge in [0.2, 0.25) is 0 Å². The van der Waals surface area contributed by atoms with Crippen LogP contribution in [0.2, 0.25) is 0 Å². The number of carbonyl (C=O) groups is 1. The number of rotatable bonds is 5. The average Bonchev–Trinajstić information content (AvgIpc) is 2.69. The Bertz CT molecular complexity index is 1040. The fourth-order valence-corrected chi connectivity index (χ4v) is 4.14. The second kappa shape index (κ2) is 8.96. The number of benzene rings is 3. The fraction of sp³-hybridized carbons (Fsp3) is 0.208. The van der Waals surface area contributed by atoms with Gasteiger partial charge in [-0.05, 0) is 66.4 Å². The van der Waals surface area contributed by atoms with E-state index in [0.717, 1.165) is 39.3 Å². The zero-order chi connectivity index (χ0) is 21.9. The van der Waals surface area contributed by atoms with Crippen molar-refractivity contribution in [3.05, 3.63) is 83.4 Å². The van der Waals surface area contributed by atoms with Crippen LogP contribution in [0.25, 0.3) is 11.1 Å². The summed E-state index contributed by atoms with van der Waals surface area (Å²) < 4.78 is 43.5. The van der Waals surface area contributed by atoms with Crippen molar-refractivity contribution < 1.29 is 22.7 Å². The van der Waals surface area contributed by atoms with Crippen LogP contribution in [-0.2, 0) is 11.0 Å². The molecular formula is C24H21F3O2S. The number of carbonyl (C=O) groups excluding carboxylic acids is 1. The second-order valence-electron chi connectivity index (χ2n) is 6.98. The number of alkyl halides is 3. The molecule has 6 heteroatoms. The number of ether oxygens (including phenoxy) is 1. The van der Waals surface area contributed by atoms with E-state index in [1.54, 1.807) is 17.8 Å². The van der Waals surface area contributed by atoms with Crippen LogP contribution < -0.4 is 4.74 Å². The minimum atomic E-state index is -4.34. The molecule has 0 saturated carbocycles. The molecule has 3 aromatic rings. The Balaban J connectivity index is 1.77. The van der Waals surface area contributed by atoms with E-state index >= 15 is 0 Å². The number of halogens is 3. The molecule has 30 heavy (non-hydrogen) atoms. The van der Waals surface area contributed by atoms with Crippen molar-refractivity contribution in [1.29, 1.82) is 0 Å². The monoisotopic (exact) mass is 430 g/mol. The van der Waals surface area contributed by atoms with Crippen molar-refractivity contribution in [1.82, 2.24) is 0 Å². The number of esters is 1. The van der Waals surface area contributed by atoms with E-state index in [-0.39, 0.29) is 11.2 Å². The van der Waals surface area contributed by atoms with Crippen molar-refractivity contribution >= 4 is 17.7 Å². The molecule has 0 N–H and O–H groups in total. The Morgan fingerprint density at radius 1 is 0.967 bits per heavy atom. The van der Waals surface area contributed by atoms with Crippen molar-refractivity contribution in [2.75, 3.05) is 0 Å². The summed E-state index contributed by atoms with van der Waals surface area (Å²) in [5.74, 6) is 0.191. The summed E-state index contributed by atoms with van der Waals surface area (Å²) in [6, 6.07) is 18.7. The molecule has 0 aliphatic heterocycles. The van der Waals surface area contributed by atoms with Gasteiger partial charge in [-0.25, -0.2) is 0 Å². The van der Waals surface area contributed by atoms with Gasteiger partial charge in [-0.1, -0.05) is 36.4 Å². The lowest BCUT2D eigenvalue weighted by Crippen LogP contribution is -2.04. The van der Waals surface area contributed by atoms with Gasteiger partial charge < -0.3 is 4.74 Å². The minimum Gasteiger partial charge on any atom is -0.426 e. The summed E-state index contributed by atoms with van der Waals surface area (Å²) in [4.78, 5) is 12.2. The maximum Gasteiger partial charge on any atom is 0.416 e. The lowest BCUT2D eigenvalue weighted by atomic mass is 10.0. The standard InChI is InChI=1S/C24H21F3O2S/c1-15-13-22(11-12-23(15)29-17(3)28)30-16(2)19-5-4-6-20(14-19)18-7-9-21(10-8-18)24(25,26)27/h4-14,16H,1-3H3. The molecule has 1 atom stereocenters. The molecule has 0 aromatic heterocycles. The molecule has 0 bridgehead atoms. The van der Waals surface area contributed by atoms with Gasteiger partial charge >= 0.3 is 12.1 Å². The smallest absolute Gasteiger partial charge is 0.416 e. The molecule has 0 aliphatic carbocycles. The van der Waals surface area contributed by atoms with E-state index in [1.165, 1.54) is 19.1 Å². The Labute approximate surface area is 178 Å². The summed E-state index contributed by atoms with van der Waals surface area (Å²) >= 11 is 1.66. The third-order valence-corrected chi connectivity index (χ3v) is 5.77. The summed E-state index contributed by atoms with van der Waals surface area (Å²) in [5.41, 5.74) is 2.90. The van der Waals surface area contributed by atoms with Crippen LogP contribution in [0.3, 0.4) is 0 Å². The predicted molar refractivity (Wildman–Crippen MR) is 114 cm³/mol. The normalized spacial score (nSPS) is 12.5. The van der Waals surface area contributed by atoms with Crippen LogP contribution in [-0.4, -0.2) is 5.97 Å². The Hall–Kier alpha value is -2.73. The Kier molecular flexibility index (Phi) is 6.56. The van der Waals surface area contributed by atoms with Crippen LogP contribution in [0.1, 0.15) is 35.8 Å². The molecule has 0 aliphatic rings. The largest absolute Gasteiger partial charge is 0.426 e. The van der Waals surface area contributed by atoms with Crippen molar-refractivity contribution in [2.45, 2.75) is 37.1 Å². The van der Waals surface area contributed by atoms with Gasteiger partial charge in [0.05, 0.1) is 5.56 Å². The number of hydrogen-bond donors (Lipinski definition) is 0. The SMILES string of the molecule is CC(=O)Oc1ccc(SC(C)c2cccc(-c3ccc(C(F)(F)F)cc3)c2)cc1C. The van der Waals surface area contributed by atoms with Gasteiger partial charge in [-0.3, -0.25) is 4.79 Å². The molecule has 156 valence electrons. The molecule has 3 rings (SSSR count). The van der Waals surface area contributed by atoms with Gasteiger partial charge in [0.1, 0.15) is 5.75 Å². The quantitative estimate of drug-likeness (QED) is 0.239. The molecule has 0 fully saturated rings. The zero-order valence-electron chi connectivity index (χ0n) is 16.8. The van der Waals surface area contributed by atoms with E-state index < -0.39 is 11.7 Å². The maximum absolute atomic E-state index is 12.8. The second-order valence-corrected chi connectivity index (χ2v) is 8.40. The molecule has 0 spiro atoms. The van der Waals surface area contributed by atoms with Gasteiger partial charge in [0, 0.05) is 17.1 Å². The zero-order valence-corrected chi connectivity index (χ0v) is 17.6. The third-order valence-electron chi connectivity index (χ3n) is 4.61. The maximum atomic E-state index is 12.8. The molecular weight excluding hydrogens is 409 g/mol. The summed E-state index contributed by atoms with van der Waals surface area (Å²) in [6.45, 7) is 5.33. The first-order chi connectivity index (χ1) is 14.1. The average molecular weight is 430 g/mol. The van der Waals surface area contributed by atoms with Crippen molar-refractivity contribution in [2.24, 2.45) is 0 Å². The first-order valence-electron chi connectivity index (χ1n) is 9.37. The highest BCUT2D eigenvalue weighted by Crippen LogP contribution is 2.38. The van der Waals surface area contributed by atoms with E-state index in [0.29, 0.717) is 5.75 Å². The topological polar surface area (TPSA) is 26.3 Å². The van der Waals surface area contributed by atoms with Crippen LogP contribution in [0.5, 0.6) is 5.75 Å². The van der Waals surface area contributed by atoms with E-state index in [9.17, 15) is 18.0 Å². The van der Waals surface area contributed by atoms with Crippen LogP contribution in [0, 0.1) is 6.92 Å². The highest BCUT2D eigenvalue weighted by molar-refractivity contribution is 7.99. The first kappa shape index (κ1) is 22.0. The third kappa shape index (κ3) is 5.45. The lowest BCUT2D eigenvalue weighted by Gasteiger charge is -2.15. The lowest BCUT2D eigenvalue weighted by molar-refractivity contribution is -0.137. The summed E-state index contributed by atoms with van der Waals surface area (Å²) in [6.07, 6.45) is -4.34. The predicted octanol–water partition coefficient (Wildman–Crippen LogP) is 7.46. The highest BCUT2D eigenvalue weighted by atomic mass is 32.2. The van der Waals surface area contributed by atoms with Gasteiger partial charge in [0.15, 0.2) is 0 Å². The molecule has 2 nitrogen and oxygen atoms in total. The molecule has 0 amide bonds. The Morgan fingerprint density at radius 2 is 1.67 bits per heavy atom. The number of hydrogen-bond acceptors (Lipinski definition) is 3. The van der Waals surface area contributed by atoms with Crippen LogP contribution in [0.15, 0.2) is 71.6 Å². The first-order valence-corrected chi connectivity index (χ1v) is 10.2. The van der Waals surface area contributed by atoms with Crippen molar-refractivity contribution in [3.63, 3.8) is 0 Å². The Morgan fingerprint density at radius 3 is 2.27 bits per heavy atom. The minimum absolute atomic E-state index is 0.123. The molecule has 3 aromatic carbocycles. The van der Waals surface area contributed by atoms with Crippen LogP contribution >= 0.6 is 11.8 Å².